The maximum Gasteiger partial charge on any atom is 0.338 e. The standard InChI is InChI=1S/C25H31NO6S/c1-17(23(27)18-8-11-20(12-9-18)25(2,3)4)32-24(28)19-10-13-21(31-5)22(16-19)33(29,30)26-14-6-7-15-26/h8-13,16-17H,6-7,14-15H2,1-5H3/t17-/m0/s1. The largest absolute Gasteiger partial charge is 0.495 e. The fraction of sp³-hybridized carbons (Fsp3) is 0.440. The Kier molecular flexibility index (Phi) is 7.29. The fourth-order valence-corrected chi connectivity index (χ4v) is 5.42. The molecular weight excluding hydrogens is 442 g/mol. The van der Waals surface area contributed by atoms with Gasteiger partial charge < -0.3 is 9.47 Å². The lowest BCUT2D eigenvalue weighted by Crippen LogP contribution is -2.28. The summed E-state index contributed by atoms with van der Waals surface area (Å²) in [6, 6.07) is 11.3. The molecule has 0 amide bonds. The van der Waals surface area contributed by atoms with E-state index in [1.807, 2.05) is 12.1 Å². The Morgan fingerprint density at radius 3 is 2.09 bits per heavy atom. The number of sulfonamides is 1. The molecule has 3 rings (SSSR count). The van der Waals surface area contributed by atoms with Crippen LogP contribution < -0.4 is 4.74 Å². The van der Waals surface area contributed by atoms with Gasteiger partial charge in [0.15, 0.2) is 6.10 Å². The molecule has 2 aromatic carbocycles. The first-order valence-corrected chi connectivity index (χ1v) is 12.4. The van der Waals surface area contributed by atoms with Crippen LogP contribution in [0.5, 0.6) is 5.75 Å². The van der Waals surface area contributed by atoms with Crippen molar-refractivity contribution in [3.05, 3.63) is 59.2 Å². The number of ketones is 1. The maximum absolute atomic E-state index is 13.0. The van der Waals surface area contributed by atoms with Crippen LogP contribution in [-0.2, 0) is 20.2 Å². The van der Waals surface area contributed by atoms with Gasteiger partial charge in [0.25, 0.3) is 0 Å². The van der Waals surface area contributed by atoms with Crippen LogP contribution in [0.3, 0.4) is 0 Å². The molecule has 0 aromatic heterocycles. The van der Waals surface area contributed by atoms with E-state index in [0.717, 1.165) is 18.4 Å². The second-order valence-electron chi connectivity index (χ2n) is 9.22. The zero-order valence-corrected chi connectivity index (χ0v) is 20.6. The third-order valence-corrected chi connectivity index (χ3v) is 7.69. The zero-order chi connectivity index (χ0) is 24.4. The van der Waals surface area contributed by atoms with E-state index in [4.69, 9.17) is 9.47 Å². The Balaban J connectivity index is 1.79. The summed E-state index contributed by atoms with van der Waals surface area (Å²) >= 11 is 0. The minimum atomic E-state index is -3.81. The normalized spacial score (nSPS) is 15.8. The molecule has 0 unspecified atom stereocenters. The van der Waals surface area contributed by atoms with E-state index >= 15 is 0 Å². The first-order chi connectivity index (χ1) is 15.4. The molecule has 0 spiro atoms. The van der Waals surface area contributed by atoms with Crippen LogP contribution >= 0.6 is 0 Å². The van der Waals surface area contributed by atoms with Crippen molar-refractivity contribution in [2.45, 2.75) is 57.0 Å². The highest BCUT2D eigenvalue weighted by Crippen LogP contribution is 2.30. The van der Waals surface area contributed by atoms with Gasteiger partial charge in [0, 0.05) is 18.7 Å². The van der Waals surface area contributed by atoms with Gasteiger partial charge in [0.1, 0.15) is 10.6 Å². The molecule has 0 bridgehead atoms. The molecule has 1 fully saturated rings. The number of nitrogens with zero attached hydrogens (tertiary/aromatic N) is 1. The minimum absolute atomic E-state index is 0.0382. The number of carbonyl (C=O) groups is 2. The summed E-state index contributed by atoms with van der Waals surface area (Å²) in [6.45, 7) is 8.62. The number of carbonyl (C=O) groups excluding carboxylic acids is 2. The Morgan fingerprint density at radius 1 is 0.970 bits per heavy atom. The van der Waals surface area contributed by atoms with Crippen molar-refractivity contribution in [2.24, 2.45) is 0 Å². The number of hydrogen-bond acceptors (Lipinski definition) is 6. The van der Waals surface area contributed by atoms with Gasteiger partial charge in [-0.05, 0) is 48.9 Å². The van der Waals surface area contributed by atoms with Crippen LogP contribution in [0.4, 0.5) is 0 Å². The van der Waals surface area contributed by atoms with E-state index in [-0.39, 0.29) is 27.4 Å². The van der Waals surface area contributed by atoms with Gasteiger partial charge in [-0.25, -0.2) is 13.2 Å². The highest BCUT2D eigenvalue weighted by Gasteiger charge is 2.31. The predicted molar refractivity (Wildman–Crippen MR) is 125 cm³/mol. The summed E-state index contributed by atoms with van der Waals surface area (Å²) in [7, 11) is -2.43. The van der Waals surface area contributed by atoms with Crippen molar-refractivity contribution in [3.63, 3.8) is 0 Å². The molecule has 0 aliphatic carbocycles. The summed E-state index contributed by atoms with van der Waals surface area (Å²) in [5.74, 6) is -0.952. The fourth-order valence-electron chi connectivity index (χ4n) is 3.72. The second kappa shape index (κ2) is 9.65. The zero-order valence-electron chi connectivity index (χ0n) is 19.8. The number of hydrogen-bond donors (Lipinski definition) is 0. The highest BCUT2D eigenvalue weighted by molar-refractivity contribution is 7.89. The number of methoxy groups -OCH3 is 1. The average molecular weight is 474 g/mol. The smallest absolute Gasteiger partial charge is 0.338 e. The molecule has 33 heavy (non-hydrogen) atoms. The molecule has 1 aliphatic rings. The Hall–Kier alpha value is -2.71. The first-order valence-electron chi connectivity index (χ1n) is 11.0. The lowest BCUT2D eigenvalue weighted by atomic mass is 9.86. The van der Waals surface area contributed by atoms with E-state index in [0.29, 0.717) is 18.7 Å². The van der Waals surface area contributed by atoms with Crippen LogP contribution in [0, 0.1) is 0 Å². The maximum atomic E-state index is 13.0. The molecule has 7 nitrogen and oxygen atoms in total. The Morgan fingerprint density at radius 2 is 1.55 bits per heavy atom. The molecule has 1 saturated heterocycles. The second-order valence-corrected chi connectivity index (χ2v) is 11.1. The van der Waals surface area contributed by atoms with Gasteiger partial charge in [-0.2, -0.15) is 4.31 Å². The molecule has 1 heterocycles. The predicted octanol–water partition coefficient (Wildman–Crippen LogP) is 4.21. The summed E-state index contributed by atoms with van der Waals surface area (Å²) in [5.41, 5.74) is 1.53. The molecule has 0 saturated carbocycles. The summed E-state index contributed by atoms with van der Waals surface area (Å²) < 4.78 is 38.1. The summed E-state index contributed by atoms with van der Waals surface area (Å²) in [6.07, 6.45) is 0.554. The minimum Gasteiger partial charge on any atom is -0.495 e. The number of ether oxygens (including phenoxy) is 2. The molecule has 1 atom stereocenters. The quantitative estimate of drug-likeness (QED) is 0.442. The van der Waals surface area contributed by atoms with Crippen molar-refractivity contribution < 1.29 is 27.5 Å². The third kappa shape index (κ3) is 5.45. The Bertz CT molecular complexity index is 1130. The van der Waals surface area contributed by atoms with Crippen LogP contribution in [0.25, 0.3) is 0 Å². The highest BCUT2D eigenvalue weighted by atomic mass is 32.2. The van der Waals surface area contributed by atoms with Gasteiger partial charge in [-0.15, -0.1) is 0 Å². The van der Waals surface area contributed by atoms with E-state index in [1.165, 1.54) is 36.5 Å². The van der Waals surface area contributed by atoms with Gasteiger partial charge in [0.05, 0.1) is 12.7 Å². The first kappa shape index (κ1) is 24.9. The van der Waals surface area contributed by atoms with Crippen molar-refractivity contribution >= 4 is 21.8 Å². The van der Waals surface area contributed by atoms with Gasteiger partial charge >= 0.3 is 5.97 Å². The Labute approximate surface area is 195 Å². The van der Waals surface area contributed by atoms with Crippen molar-refractivity contribution in [1.82, 2.24) is 4.31 Å². The van der Waals surface area contributed by atoms with Crippen molar-refractivity contribution in [2.75, 3.05) is 20.2 Å². The van der Waals surface area contributed by atoms with E-state index in [1.54, 1.807) is 12.1 Å². The number of Topliss-reactive ketones (excluding diaryl/α,β-unsaturated/α-hetero) is 1. The number of rotatable bonds is 7. The molecule has 0 radical (unpaired) electrons. The van der Waals surface area contributed by atoms with E-state index < -0.39 is 22.1 Å². The van der Waals surface area contributed by atoms with Gasteiger partial charge in [0.2, 0.25) is 15.8 Å². The average Bonchev–Trinajstić information content (AvgIpc) is 3.33. The summed E-state index contributed by atoms with van der Waals surface area (Å²) in [5, 5.41) is 0. The van der Waals surface area contributed by atoms with Crippen molar-refractivity contribution in [1.29, 1.82) is 0 Å². The van der Waals surface area contributed by atoms with Crippen LogP contribution in [0.1, 0.15) is 66.8 Å². The molecule has 1 aliphatic heterocycles. The molecule has 178 valence electrons. The van der Waals surface area contributed by atoms with Crippen LogP contribution in [0.15, 0.2) is 47.4 Å². The van der Waals surface area contributed by atoms with Crippen LogP contribution in [-0.4, -0.2) is 50.8 Å². The van der Waals surface area contributed by atoms with Crippen LogP contribution in [0.2, 0.25) is 0 Å². The number of benzene rings is 2. The molecule has 8 heteroatoms. The summed E-state index contributed by atoms with van der Waals surface area (Å²) in [4.78, 5) is 25.4. The molecule has 2 aromatic rings. The lowest BCUT2D eigenvalue weighted by molar-refractivity contribution is 0.0318. The monoisotopic (exact) mass is 473 g/mol. The lowest BCUT2D eigenvalue weighted by Gasteiger charge is -2.20. The van der Waals surface area contributed by atoms with E-state index in [9.17, 15) is 18.0 Å². The van der Waals surface area contributed by atoms with Gasteiger partial charge in [-0.3, -0.25) is 4.79 Å². The van der Waals surface area contributed by atoms with Crippen molar-refractivity contribution in [3.8, 4) is 5.75 Å². The van der Waals surface area contributed by atoms with E-state index in [2.05, 4.69) is 20.8 Å². The molecular formula is C25H31NO6S. The topological polar surface area (TPSA) is 90.0 Å². The molecule has 0 N–H and O–H groups in total. The van der Waals surface area contributed by atoms with Gasteiger partial charge in [-0.1, -0.05) is 45.0 Å². The SMILES string of the molecule is COc1ccc(C(=O)O[C@@H](C)C(=O)c2ccc(C(C)(C)C)cc2)cc1S(=O)(=O)N1CCCC1. The number of esters is 1. The third-order valence-electron chi connectivity index (χ3n) is 5.77.